The van der Waals surface area contributed by atoms with Gasteiger partial charge in [0.2, 0.25) is 5.89 Å². The molecule has 1 unspecified atom stereocenters. The number of ether oxygens (including phenoxy) is 1. The summed E-state index contributed by atoms with van der Waals surface area (Å²) in [4.78, 5) is 9.09. The predicted molar refractivity (Wildman–Crippen MR) is 94.0 cm³/mol. The number of anilines is 1. The Kier molecular flexibility index (Phi) is 4.09. The maximum Gasteiger partial charge on any atom is 0.232 e. The smallest absolute Gasteiger partial charge is 0.232 e. The van der Waals surface area contributed by atoms with Gasteiger partial charge in [0.05, 0.1) is 24.8 Å². The van der Waals surface area contributed by atoms with Crippen LogP contribution in [0.3, 0.4) is 0 Å². The zero-order chi connectivity index (χ0) is 17.5. The molecule has 138 valence electrons. The first-order chi connectivity index (χ1) is 12.8. The van der Waals surface area contributed by atoms with Gasteiger partial charge in [0.15, 0.2) is 11.6 Å². The molecule has 2 aromatic heterocycles. The molecule has 4 heterocycles. The van der Waals surface area contributed by atoms with Crippen LogP contribution in [-0.2, 0) is 11.3 Å². The minimum atomic E-state index is 0.262. The van der Waals surface area contributed by atoms with E-state index in [1.54, 1.807) is 0 Å². The van der Waals surface area contributed by atoms with E-state index in [0.717, 1.165) is 43.5 Å². The van der Waals surface area contributed by atoms with Gasteiger partial charge in [-0.1, -0.05) is 5.16 Å². The number of hydrogen-bond acceptors (Lipinski definition) is 8. The monoisotopic (exact) mass is 356 g/mol. The molecule has 0 spiro atoms. The van der Waals surface area contributed by atoms with E-state index in [0.29, 0.717) is 31.0 Å². The summed E-state index contributed by atoms with van der Waals surface area (Å²) in [5, 5.41) is 12.9. The molecule has 5 rings (SSSR count). The van der Waals surface area contributed by atoms with Crippen molar-refractivity contribution in [1.29, 1.82) is 0 Å². The van der Waals surface area contributed by atoms with E-state index in [1.165, 1.54) is 12.8 Å². The van der Waals surface area contributed by atoms with Gasteiger partial charge in [0.1, 0.15) is 0 Å². The molecule has 2 aromatic rings. The molecule has 2 saturated heterocycles. The van der Waals surface area contributed by atoms with Gasteiger partial charge < -0.3 is 14.2 Å². The van der Waals surface area contributed by atoms with Gasteiger partial charge in [-0.2, -0.15) is 10.1 Å². The standard InChI is InChI=1S/C18H24N6O2/c1-23(10-16-19-18(26-22-16)13-6-7-25-11-13)14-8-24(9-14)17-5-4-15(20-21-17)12-2-3-12/h4-5,12-14H,2-3,6-11H2,1H3. The summed E-state index contributed by atoms with van der Waals surface area (Å²) in [5.41, 5.74) is 1.14. The highest BCUT2D eigenvalue weighted by molar-refractivity contribution is 5.42. The molecule has 1 atom stereocenters. The van der Waals surface area contributed by atoms with Crippen LogP contribution in [-0.4, -0.2) is 64.6 Å². The highest BCUT2D eigenvalue weighted by Crippen LogP contribution is 2.38. The summed E-state index contributed by atoms with van der Waals surface area (Å²) in [6.45, 7) is 4.08. The summed E-state index contributed by atoms with van der Waals surface area (Å²) >= 11 is 0. The molecule has 26 heavy (non-hydrogen) atoms. The van der Waals surface area contributed by atoms with Gasteiger partial charge in [0, 0.05) is 31.7 Å². The van der Waals surface area contributed by atoms with E-state index in [1.807, 2.05) is 0 Å². The van der Waals surface area contributed by atoms with Crippen LogP contribution in [0.15, 0.2) is 16.7 Å². The quantitative estimate of drug-likeness (QED) is 0.771. The molecule has 3 fully saturated rings. The Morgan fingerprint density at radius 1 is 1.15 bits per heavy atom. The molecule has 0 radical (unpaired) electrons. The molecule has 2 aliphatic heterocycles. The summed E-state index contributed by atoms with van der Waals surface area (Å²) in [6.07, 6.45) is 3.49. The van der Waals surface area contributed by atoms with E-state index < -0.39 is 0 Å². The Morgan fingerprint density at radius 2 is 2.04 bits per heavy atom. The number of nitrogens with zero attached hydrogens (tertiary/aromatic N) is 6. The minimum absolute atomic E-state index is 0.262. The summed E-state index contributed by atoms with van der Waals surface area (Å²) in [5.74, 6) is 3.36. The molecule has 8 nitrogen and oxygen atoms in total. The molecule has 1 aliphatic carbocycles. The van der Waals surface area contributed by atoms with Gasteiger partial charge in [-0.05, 0) is 38.4 Å². The largest absolute Gasteiger partial charge is 0.381 e. The zero-order valence-electron chi connectivity index (χ0n) is 15.0. The van der Waals surface area contributed by atoms with Crippen LogP contribution >= 0.6 is 0 Å². The third kappa shape index (κ3) is 3.19. The van der Waals surface area contributed by atoms with Crippen LogP contribution in [0, 0.1) is 0 Å². The summed E-state index contributed by atoms with van der Waals surface area (Å²) in [7, 11) is 2.11. The maximum atomic E-state index is 5.41. The molecule has 0 bridgehead atoms. The van der Waals surface area contributed by atoms with E-state index in [-0.39, 0.29) is 5.92 Å². The lowest BCUT2D eigenvalue weighted by Crippen LogP contribution is -2.58. The minimum Gasteiger partial charge on any atom is -0.381 e. The number of likely N-dealkylation sites (N-methyl/N-ethyl adjacent to an activating group) is 1. The van der Waals surface area contributed by atoms with Crippen molar-refractivity contribution in [3.05, 3.63) is 29.5 Å². The predicted octanol–water partition coefficient (Wildman–Crippen LogP) is 1.56. The zero-order valence-corrected chi connectivity index (χ0v) is 15.0. The SMILES string of the molecule is CN(Cc1noc(C2CCOC2)n1)C1CN(c2ccc(C3CC3)nn2)C1. The molecule has 3 aliphatic rings. The van der Waals surface area contributed by atoms with Crippen LogP contribution in [0.1, 0.15) is 48.5 Å². The molecule has 0 N–H and O–H groups in total. The van der Waals surface area contributed by atoms with Gasteiger partial charge in [0.25, 0.3) is 0 Å². The van der Waals surface area contributed by atoms with Crippen LogP contribution < -0.4 is 4.90 Å². The van der Waals surface area contributed by atoms with Crippen molar-refractivity contribution in [2.75, 3.05) is 38.3 Å². The lowest BCUT2D eigenvalue weighted by molar-refractivity contribution is 0.187. The molecule has 8 heteroatoms. The second kappa shape index (κ2) is 6.59. The third-order valence-electron chi connectivity index (χ3n) is 5.63. The second-order valence-corrected chi connectivity index (χ2v) is 7.67. The topological polar surface area (TPSA) is 80.4 Å². The highest BCUT2D eigenvalue weighted by atomic mass is 16.5. The fourth-order valence-corrected chi connectivity index (χ4v) is 3.60. The molecular formula is C18H24N6O2. The second-order valence-electron chi connectivity index (χ2n) is 7.67. The summed E-state index contributed by atoms with van der Waals surface area (Å²) in [6, 6.07) is 4.70. The van der Waals surface area contributed by atoms with Crippen molar-refractivity contribution in [3.8, 4) is 0 Å². The van der Waals surface area contributed by atoms with E-state index in [2.05, 4.69) is 49.3 Å². The van der Waals surface area contributed by atoms with Gasteiger partial charge in [-0.25, -0.2) is 0 Å². The van der Waals surface area contributed by atoms with Gasteiger partial charge in [-0.15, -0.1) is 5.10 Å². The van der Waals surface area contributed by atoms with E-state index in [4.69, 9.17) is 9.26 Å². The number of rotatable bonds is 6. The lowest BCUT2D eigenvalue weighted by atomic mass is 10.1. The molecular weight excluding hydrogens is 332 g/mol. The lowest BCUT2D eigenvalue weighted by Gasteiger charge is -2.44. The Balaban J connectivity index is 1.13. The normalized spacial score (nSPS) is 23.6. The first kappa shape index (κ1) is 16.1. The van der Waals surface area contributed by atoms with Crippen molar-refractivity contribution < 1.29 is 9.26 Å². The van der Waals surface area contributed by atoms with E-state index >= 15 is 0 Å². The van der Waals surface area contributed by atoms with Crippen molar-refractivity contribution in [2.24, 2.45) is 0 Å². The maximum absolute atomic E-state index is 5.41. The van der Waals surface area contributed by atoms with Crippen LogP contribution in [0.25, 0.3) is 0 Å². The van der Waals surface area contributed by atoms with Crippen molar-refractivity contribution in [2.45, 2.75) is 43.7 Å². The fraction of sp³-hybridized carbons (Fsp3) is 0.667. The van der Waals surface area contributed by atoms with E-state index in [9.17, 15) is 0 Å². The van der Waals surface area contributed by atoms with Crippen LogP contribution in [0.4, 0.5) is 5.82 Å². The molecule has 0 aromatic carbocycles. The first-order valence-electron chi connectivity index (χ1n) is 9.45. The third-order valence-corrected chi connectivity index (χ3v) is 5.63. The Morgan fingerprint density at radius 3 is 2.73 bits per heavy atom. The summed E-state index contributed by atoms with van der Waals surface area (Å²) < 4.78 is 10.8. The van der Waals surface area contributed by atoms with Crippen molar-refractivity contribution >= 4 is 5.82 Å². The Bertz CT molecular complexity index is 747. The fourth-order valence-electron chi connectivity index (χ4n) is 3.60. The molecule has 0 amide bonds. The Labute approximate surface area is 152 Å². The first-order valence-corrected chi connectivity index (χ1v) is 9.45. The average Bonchev–Trinajstić information content (AvgIpc) is 3.12. The van der Waals surface area contributed by atoms with Crippen LogP contribution in [0.5, 0.6) is 0 Å². The molecule has 1 saturated carbocycles. The number of aromatic nitrogens is 4. The van der Waals surface area contributed by atoms with Crippen LogP contribution in [0.2, 0.25) is 0 Å². The Hall–Kier alpha value is -2.06. The van der Waals surface area contributed by atoms with Crippen molar-refractivity contribution in [1.82, 2.24) is 25.2 Å². The van der Waals surface area contributed by atoms with Gasteiger partial charge in [-0.3, -0.25) is 4.90 Å². The van der Waals surface area contributed by atoms with Gasteiger partial charge >= 0.3 is 0 Å². The highest BCUT2D eigenvalue weighted by Gasteiger charge is 2.33. The van der Waals surface area contributed by atoms with Crippen molar-refractivity contribution in [3.63, 3.8) is 0 Å². The number of hydrogen-bond donors (Lipinski definition) is 0. The average molecular weight is 356 g/mol.